The second-order valence-corrected chi connectivity index (χ2v) is 3.61. The quantitative estimate of drug-likeness (QED) is 0.783. The number of amides is 1. The monoisotopic (exact) mass is 225 g/mol. The molecule has 2 rings (SSSR count). The number of carbonyl (C=O) groups excluding carboxylic acids is 2. The van der Waals surface area contributed by atoms with Crippen molar-refractivity contribution in [2.75, 3.05) is 5.32 Å². The van der Waals surface area contributed by atoms with Gasteiger partial charge >= 0.3 is 0 Å². The van der Waals surface area contributed by atoms with Crippen molar-refractivity contribution in [3.05, 3.63) is 28.8 Å². The van der Waals surface area contributed by atoms with Crippen LogP contribution in [0.5, 0.6) is 0 Å². The van der Waals surface area contributed by atoms with Crippen LogP contribution in [0.1, 0.15) is 29.3 Å². The fraction of sp³-hybridized carbons (Fsp3) is 0.273. The predicted octanol–water partition coefficient (Wildman–Crippen LogP) is 2.05. The van der Waals surface area contributed by atoms with Gasteiger partial charge in [0.05, 0.1) is 11.3 Å². The number of benzene rings is 1. The minimum Gasteiger partial charge on any atom is -0.316 e. The van der Waals surface area contributed by atoms with Crippen LogP contribution in [0.15, 0.2) is 6.07 Å². The molecule has 1 aromatic rings. The zero-order chi connectivity index (χ0) is 11.9. The second kappa shape index (κ2) is 3.66. The average molecular weight is 225 g/mol. The largest absolute Gasteiger partial charge is 0.316 e. The number of ketones is 1. The molecule has 84 valence electrons. The number of rotatable bonds is 2. The van der Waals surface area contributed by atoms with E-state index in [2.05, 4.69) is 5.32 Å². The Balaban J connectivity index is 2.62. The first-order chi connectivity index (χ1) is 7.56. The SMILES string of the molecule is CCCc1c(F)cc2c(c1F)NC(=O)C2=O. The molecule has 16 heavy (non-hydrogen) atoms. The van der Waals surface area contributed by atoms with Crippen molar-refractivity contribution >= 4 is 17.4 Å². The minimum absolute atomic E-state index is 0.0868. The van der Waals surface area contributed by atoms with Gasteiger partial charge in [-0.2, -0.15) is 0 Å². The Labute approximate surface area is 90.5 Å². The average Bonchev–Trinajstić information content (AvgIpc) is 2.52. The normalized spacial score (nSPS) is 13.9. The maximum Gasteiger partial charge on any atom is 0.296 e. The van der Waals surface area contributed by atoms with Crippen LogP contribution < -0.4 is 5.32 Å². The van der Waals surface area contributed by atoms with E-state index in [1.54, 1.807) is 6.92 Å². The molecule has 5 heteroatoms. The molecule has 0 saturated heterocycles. The third kappa shape index (κ3) is 1.39. The zero-order valence-corrected chi connectivity index (χ0v) is 8.56. The van der Waals surface area contributed by atoms with Gasteiger partial charge in [-0.25, -0.2) is 8.78 Å². The Morgan fingerprint density at radius 3 is 2.62 bits per heavy atom. The number of anilines is 1. The zero-order valence-electron chi connectivity index (χ0n) is 8.56. The molecule has 1 N–H and O–H groups in total. The molecular formula is C11H9F2NO2. The Hall–Kier alpha value is -1.78. The lowest BCUT2D eigenvalue weighted by molar-refractivity contribution is -0.112. The first-order valence-corrected chi connectivity index (χ1v) is 4.92. The lowest BCUT2D eigenvalue weighted by Gasteiger charge is -2.07. The number of carbonyl (C=O) groups is 2. The first-order valence-electron chi connectivity index (χ1n) is 4.92. The Morgan fingerprint density at radius 2 is 2.00 bits per heavy atom. The molecule has 0 unspecified atom stereocenters. The smallest absolute Gasteiger partial charge is 0.296 e. The Morgan fingerprint density at radius 1 is 1.31 bits per heavy atom. The van der Waals surface area contributed by atoms with Gasteiger partial charge in [-0.15, -0.1) is 0 Å². The highest BCUT2D eigenvalue weighted by molar-refractivity contribution is 6.51. The number of nitrogens with one attached hydrogen (secondary N) is 1. The van der Waals surface area contributed by atoms with Gasteiger partial charge in [-0.3, -0.25) is 9.59 Å². The van der Waals surface area contributed by atoms with Gasteiger partial charge in [0, 0.05) is 5.56 Å². The highest BCUT2D eigenvalue weighted by Crippen LogP contribution is 2.31. The number of hydrogen-bond donors (Lipinski definition) is 1. The molecular weight excluding hydrogens is 216 g/mol. The van der Waals surface area contributed by atoms with Gasteiger partial charge < -0.3 is 5.32 Å². The van der Waals surface area contributed by atoms with Crippen molar-refractivity contribution in [2.45, 2.75) is 19.8 Å². The van der Waals surface area contributed by atoms with Crippen LogP contribution in [0.25, 0.3) is 0 Å². The molecule has 0 radical (unpaired) electrons. The summed E-state index contributed by atoms with van der Waals surface area (Å²) in [6, 6.07) is 0.920. The van der Waals surface area contributed by atoms with E-state index >= 15 is 0 Å². The van der Waals surface area contributed by atoms with Gasteiger partial charge in [0.2, 0.25) is 0 Å². The molecule has 0 aliphatic carbocycles. The lowest BCUT2D eigenvalue weighted by atomic mass is 10.0. The van der Waals surface area contributed by atoms with E-state index in [1.807, 2.05) is 0 Å². The minimum atomic E-state index is -0.915. The molecule has 0 saturated carbocycles. The van der Waals surface area contributed by atoms with Crippen molar-refractivity contribution in [1.82, 2.24) is 0 Å². The molecule has 1 aromatic carbocycles. The molecule has 1 aliphatic heterocycles. The molecule has 0 atom stereocenters. The number of fused-ring (bicyclic) bond motifs is 1. The highest BCUT2D eigenvalue weighted by atomic mass is 19.1. The van der Waals surface area contributed by atoms with Crippen LogP contribution in [0.3, 0.4) is 0 Å². The molecule has 1 aliphatic rings. The van der Waals surface area contributed by atoms with Gasteiger partial charge in [0.1, 0.15) is 5.82 Å². The van der Waals surface area contributed by atoms with Gasteiger partial charge in [-0.1, -0.05) is 13.3 Å². The van der Waals surface area contributed by atoms with Crippen molar-refractivity contribution < 1.29 is 18.4 Å². The lowest BCUT2D eigenvalue weighted by Crippen LogP contribution is -2.12. The van der Waals surface area contributed by atoms with E-state index in [0.717, 1.165) is 6.07 Å². The van der Waals surface area contributed by atoms with Crippen LogP contribution >= 0.6 is 0 Å². The van der Waals surface area contributed by atoms with Crippen LogP contribution in [0.2, 0.25) is 0 Å². The van der Waals surface area contributed by atoms with E-state index < -0.39 is 23.3 Å². The van der Waals surface area contributed by atoms with Gasteiger partial charge in [-0.05, 0) is 12.5 Å². The predicted molar refractivity (Wildman–Crippen MR) is 53.3 cm³/mol. The van der Waals surface area contributed by atoms with E-state index in [9.17, 15) is 18.4 Å². The maximum atomic E-state index is 13.8. The highest BCUT2D eigenvalue weighted by Gasteiger charge is 2.33. The summed E-state index contributed by atoms with van der Waals surface area (Å²) in [5.74, 6) is -3.42. The van der Waals surface area contributed by atoms with E-state index in [4.69, 9.17) is 0 Å². The molecule has 0 fully saturated rings. The molecule has 1 amide bonds. The van der Waals surface area contributed by atoms with Crippen molar-refractivity contribution in [3.8, 4) is 0 Å². The molecule has 0 spiro atoms. The summed E-state index contributed by atoms with van der Waals surface area (Å²) >= 11 is 0. The van der Waals surface area contributed by atoms with Crippen LogP contribution in [0.4, 0.5) is 14.5 Å². The fourth-order valence-electron chi connectivity index (χ4n) is 1.73. The third-order valence-corrected chi connectivity index (χ3v) is 2.50. The molecule has 0 bridgehead atoms. The van der Waals surface area contributed by atoms with Gasteiger partial charge in [0.15, 0.2) is 5.82 Å². The maximum absolute atomic E-state index is 13.8. The number of halogens is 2. The molecule has 3 nitrogen and oxygen atoms in total. The molecule has 1 heterocycles. The molecule has 0 aromatic heterocycles. The van der Waals surface area contributed by atoms with E-state index in [0.29, 0.717) is 6.42 Å². The first kappa shape index (κ1) is 10.7. The van der Waals surface area contributed by atoms with Gasteiger partial charge in [0.25, 0.3) is 11.7 Å². The number of Topliss-reactive ketones (excluding diaryl/α,β-unsaturated/α-hetero) is 1. The standard InChI is InChI=1S/C11H9F2NO2/c1-2-3-5-7(12)4-6-9(8(5)13)14-11(16)10(6)15/h4H,2-3H2,1H3,(H,14,15,16). The Kier molecular flexibility index (Phi) is 2.46. The topological polar surface area (TPSA) is 46.2 Å². The summed E-state index contributed by atoms with van der Waals surface area (Å²) in [5, 5.41) is 2.11. The summed E-state index contributed by atoms with van der Waals surface area (Å²) in [5.41, 5.74) is -0.504. The van der Waals surface area contributed by atoms with Crippen LogP contribution in [-0.4, -0.2) is 11.7 Å². The van der Waals surface area contributed by atoms with Crippen molar-refractivity contribution in [1.29, 1.82) is 0 Å². The van der Waals surface area contributed by atoms with Crippen molar-refractivity contribution in [3.63, 3.8) is 0 Å². The Bertz CT molecular complexity index is 497. The van der Waals surface area contributed by atoms with Crippen LogP contribution in [-0.2, 0) is 11.2 Å². The second-order valence-electron chi connectivity index (χ2n) is 3.61. The van der Waals surface area contributed by atoms with E-state index in [-0.39, 0.29) is 23.2 Å². The summed E-state index contributed by atoms with van der Waals surface area (Å²) in [7, 11) is 0. The summed E-state index contributed by atoms with van der Waals surface area (Å²) in [6.45, 7) is 1.79. The summed E-state index contributed by atoms with van der Waals surface area (Å²) in [6.07, 6.45) is 0.809. The van der Waals surface area contributed by atoms with E-state index in [1.165, 1.54) is 0 Å². The third-order valence-electron chi connectivity index (χ3n) is 2.50. The summed E-state index contributed by atoms with van der Waals surface area (Å²) < 4.78 is 27.2. The van der Waals surface area contributed by atoms with Crippen LogP contribution in [0, 0.1) is 11.6 Å². The number of hydrogen-bond acceptors (Lipinski definition) is 2. The summed E-state index contributed by atoms with van der Waals surface area (Å²) in [4.78, 5) is 22.2. The fourth-order valence-corrected chi connectivity index (χ4v) is 1.73. The van der Waals surface area contributed by atoms with Crippen molar-refractivity contribution in [2.24, 2.45) is 0 Å².